The maximum atomic E-state index is 12.5. The Bertz CT molecular complexity index is 505. The Labute approximate surface area is 127 Å². The van der Waals surface area contributed by atoms with Crippen LogP contribution >= 0.6 is 0 Å². The predicted octanol–water partition coefficient (Wildman–Crippen LogP) is 2.40. The number of nitrogens with zero attached hydrogens (tertiary/aromatic N) is 1. The molecule has 21 heavy (non-hydrogen) atoms. The van der Waals surface area contributed by atoms with Gasteiger partial charge in [0.2, 0.25) is 5.91 Å². The summed E-state index contributed by atoms with van der Waals surface area (Å²) < 4.78 is 5.38. The van der Waals surface area contributed by atoms with Crippen molar-refractivity contribution in [3.63, 3.8) is 0 Å². The molecule has 2 unspecified atom stereocenters. The molecule has 1 amide bonds. The number of rotatable bonds is 4. The van der Waals surface area contributed by atoms with E-state index in [0.29, 0.717) is 6.54 Å². The fraction of sp³-hybridized carbons (Fsp3) is 0.588. The zero-order valence-electron chi connectivity index (χ0n) is 13.5. The highest BCUT2D eigenvalue weighted by molar-refractivity contribution is 5.79. The monoisotopic (exact) mass is 290 g/mol. The molecule has 0 aliphatic heterocycles. The molecule has 1 fully saturated rings. The molecule has 0 heterocycles. The molecule has 4 heteroatoms. The first-order valence-corrected chi connectivity index (χ1v) is 7.58. The third-order valence-electron chi connectivity index (χ3n) is 4.41. The molecule has 116 valence electrons. The number of nitrogens with two attached hydrogens (primary N) is 1. The molecule has 1 aliphatic carbocycles. The third kappa shape index (κ3) is 3.38. The van der Waals surface area contributed by atoms with Crippen molar-refractivity contribution < 1.29 is 9.53 Å². The van der Waals surface area contributed by atoms with Crippen LogP contribution in [-0.4, -0.2) is 31.0 Å². The van der Waals surface area contributed by atoms with Gasteiger partial charge in [-0.1, -0.05) is 18.6 Å². The summed E-state index contributed by atoms with van der Waals surface area (Å²) in [7, 11) is 3.55. The number of carbonyl (C=O) groups is 1. The van der Waals surface area contributed by atoms with E-state index < -0.39 is 0 Å². The lowest BCUT2D eigenvalue weighted by Crippen LogP contribution is -2.39. The first-order valence-electron chi connectivity index (χ1n) is 7.58. The number of benzene rings is 1. The van der Waals surface area contributed by atoms with Gasteiger partial charge in [0, 0.05) is 19.6 Å². The Hall–Kier alpha value is -1.55. The second kappa shape index (κ2) is 6.48. The number of carbonyl (C=O) groups excluding carboxylic acids is 1. The van der Waals surface area contributed by atoms with Crippen LogP contribution in [-0.2, 0) is 11.3 Å². The lowest BCUT2D eigenvalue weighted by Gasteiger charge is -2.24. The van der Waals surface area contributed by atoms with Crippen LogP contribution in [0.2, 0.25) is 0 Å². The van der Waals surface area contributed by atoms with Crippen LogP contribution in [0.25, 0.3) is 0 Å². The Morgan fingerprint density at radius 1 is 1.33 bits per heavy atom. The molecular formula is C17H26N2O2. The number of aryl methyl sites for hydroxylation is 2. The summed E-state index contributed by atoms with van der Waals surface area (Å²) in [6.07, 6.45) is 2.95. The van der Waals surface area contributed by atoms with Gasteiger partial charge >= 0.3 is 0 Å². The maximum Gasteiger partial charge on any atom is 0.227 e. The minimum Gasteiger partial charge on any atom is -0.496 e. The average Bonchev–Trinajstić information content (AvgIpc) is 2.83. The summed E-state index contributed by atoms with van der Waals surface area (Å²) in [6, 6.07) is 4.20. The first kappa shape index (κ1) is 15.8. The molecule has 1 aromatic carbocycles. The van der Waals surface area contributed by atoms with Gasteiger partial charge in [0.15, 0.2) is 0 Å². The molecule has 2 rings (SSSR count). The van der Waals surface area contributed by atoms with E-state index in [2.05, 4.69) is 12.1 Å². The molecule has 0 aromatic heterocycles. The number of methoxy groups -OCH3 is 1. The fourth-order valence-corrected chi connectivity index (χ4v) is 3.38. The van der Waals surface area contributed by atoms with Crippen molar-refractivity contribution >= 4 is 5.91 Å². The highest BCUT2D eigenvalue weighted by Gasteiger charge is 2.32. The van der Waals surface area contributed by atoms with Crippen molar-refractivity contribution in [1.29, 1.82) is 0 Å². The van der Waals surface area contributed by atoms with Crippen LogP contribution in [0.3, 0.4) is 0 Å². The van der Waals surface area contributed by atoms with Crippen molar-refractivity contribution in [1.82, 2.24) is 4.90 Å². The summed E-state index contributed by atoms with van der Waals surface area (Å²) in [5, 5.41) is 0. The highest BCUT2D eigenvalue weighted by Crippen LogP contribution is 2.27. The van der Waals surface area contributed by atoms with E-state index in [1.807, 2.05) is 20.9 Å². The van der Waals surface area contributed by atoms with Crippen molar-refractivity contribution in [2.45, 2.75) is 45.7 Å². The summed E-state index contributed by atoms with van der Waals surface area (Å²) in [6.45, 7) is 4.68. The Morgan fingerprint density at radius 3 is 2.43 bits per heavy atom. The summed E-state index contributed by atoms with van der Waals surface area (Å²) >= 11 is 0. The maximum absolute atomic E-state index is 12.5. The van der Waals surface area contributed by atoms with Gasteiger partial charge in [0.05, 0.1) is 13.0 Å². The van der Waals surface area contributed by atoms with Gasteiger partial charge in [-0.15, -0.1) is 0 Å². The van der Waals surface area contributed by atoms with Gasteiger partial charge in [0.25, 0.3) is 0 Å². The van der Waals surface area contributed by atoms with Gasteiger partial charge in [-0.05, 0) is 43.4 Å². The standard InChI is InChI=1S/C17H26N2O2/c1-11-8-13(9-12(2)16(11)21-4)10-19(3)17(20)14-6-5-7-15(14)18/h8-9,14-15H,5-7,10,18H2,1-4H3. The van der Waals surface area contributed by atoms with Gasteiger partial charge in [-0.3, -0.25) is 4.79 Å². The molecule has 1 saturated carbocycles. The first-order chi connectivity index (χ1) is 9.93. The Kier molecular flexibility index (Phi) is 4.88. The normalized spacial score (nSPS) is 21.4. The van der Waals surface area contributed by atoms with Crippen molar-refractivity contribution in [3.05, 3.63) is 28.8 Å². The van der Waals surface area contributed by atoms with Crippen LogP contribution in [0, 0.1) is 19.8 Å². The number of hydrogen-bond acceptors (Lipinski definition) is 3. The largest absolute Gasteiger partial charge is 0.496 e. The molecule has 4 nitrogen and oxygen atoms in total. The fourth-order valence-electron chi connectivity index (χ4n) is 3.38. The van der Waals surface area contributed by atoms with Crippen LogP contribution < -0.4 is 10.5 Å². The van der Waals surface area contributed by atoms with E-state index in [1.165, 1.54) is 0 Å². The average molecular weight is 290 g/mol. The predicted molar refractivity (Wildman–Crippen MR) is 84.3 cm³/mol. The molecule has 2 N–H and O–H groups in total. The van der Waals surface area contributed by atoms with Crippen molar-refractivity contribution in [2.24, 2.45) is 11.7 Å². The second-order valence-electron chi connectivity index (χ2n) is 6.16. The molecular weight excluding hydrogens is 264 g/mol. The van der Waals surface area contributed by atoms with Gasteiger partial charge in [-0.2, -0.15) is 0 Å². The van der Waals surface area contributed by atoms with Gasteiger partial charge in [0.1, 0.15) is 5.75 Å². The number of amides is 1. The molecule has 0 saturated heterocycles. The SMILES string of the molecule is COc1c(C)cc(CN(C)C(=O)C2CCCC2N)cc1C. The lowest BCUT2D eigenvalue weighted by atomic mass is 10.0. The number of ether oxygens (including phenoxy) is 1. The van der Waals surface area contributed by atoms with E-state index in [0.717, 1.165) is 41.7 Å². The number of hydrogen-bond donors (Lipinski definition) is 1. The second-order valence-corrected chi connectivity index (χ2v) is 6.16. The van der Waals surface area contributed by atoms with Gasteiger partial charge in [-0.25, -0.2) is 0 Å². The molecule has 1 aliphatic rings. The minimum absolute atomic E-state index is 0.00422. The van der Waals surface area contributed by atoms with Crippen molar-refractivity contribution in [2.75, 3.05) is 14.2 Å². The summed E-state index contributed by atoms with van der Waals surface area (Å²) in [5.41, 5.74) is 9.37. The molecule has 0 radical (unpaired) electrons. The molecule has 0 spiro atoms. The highest BCUT2D eigenvalue weighted by atomic mass is 16.5. The molecule has 0 bridgehead atoms. The zero-order chi connectivity index (χ0) is 15.6. The van der Waals surface area contributed by atoms with Crippen LogP contribution in [0.4, 0.5) is 0 Å². The molecule has 2 atom stereocenters. The van der Waals surface area contributed by atoms with Crippen molar-refractivity contribution in [3.8, 4) is 5.75 Å². The topological polar surface area (TPSA) is 55.6 Å². The Morgan fingerprint density at radius 2 is 1.95 bits per heavy atom. The van der Waals surface area contributed by atoms with Crippen LogP contribution in [0.1, 0.15) is 36.0 Å². The molecule has 1 aromatic rings. The quantitative estimate of drug-likeness (QED) is 0.926. The summed E-state index contributed by atoms with van der Waals surface area (Å²) in [5.74, 6) is 1.09. The van der Waals surface area contributed by atoms with Crippen LogP contribution in [0.15, 0.2) is 12.1 Å². The third-order valence-corrected chi connectivity index (χ3v) is 4.41. The zero-order valence-corrected chi connectivity index (χ0v) is 13.5. The van der Waals surface area contributed by atoms with E-state index in [9.17, 15) is 4.79 Å². The van der Waals surface area contributed by atoms with E-state index >= 15 is 0 Å². The van der Waals surface area contributed by atoms with Gasteiger partial charge < -0.3 is 15.4 Å². The Balaban J connectivity index is 2.09. The lowest BCUT2D eigenvalue weighted by molar-refractivity contribution is -0.134. The van der Waals surface area contributed by atoms with E-state index in [4.69, 9.17) is 10.5 Å². The van der Waals surface area contributed by atoms with Crippen LogP contribution in [0.5, 0.6) is 5.75 Å². The van der Waals surface area contributed by atoms with E-state index in [-0.39, 0.29) is 17.9 Å². The minimum atomic E-state index is -0.00422. The van der Waals surface area contributed by atoms with E-state index in [1.54, 1.807) is 12.0 Å². The summed E-state index contributed by atoms with van der Waals surface area (Å²) in [4.78, 5) is 14.3. The smallest absolute Gasteiger partial charge is 0.227 e.